The Labute approximate surface area is 90.7 Å². The summed E-state index contributed by atoms with van der Waals surface area (Å²) in [5, 5.41) is 7.36. The Bertz CT molecular complexity index is 219. The normalized spacial score (nSPS) is 25.5. The summed E-state index contributed by atoms with van der Waals surface area (Å²) < 4.78 is 5.36. The van der Waals surface area contributed by atoms with Crippen molar-refractivity contribution in [2.75, 3.05) is 39.4 Å². The summed E-state index contributed by atoms with van der Waals surface area (Å²) in [5.74, 6) is 0.210. The fourth-order valence-corrected chi connectivity index (χ4v) is 2.38. The van der Waals surface area contributed by atoms with Crippen LogP contribution in [-0.2, 0) is 4.74 Å². The van der Waals surface area contributed by atoms with Crippen LogP contribution >= 0.6 is 0 Å². The van der Waals surface area contributed by atoms with Gasteiger partial charge in [0.1, 0.15) is 0 Å². The van der Waals surface area contributed by atoms with E-state index in [2.05, 4.69) is 4.90 Å². The maximum Gasteiger partial charge on any atom is 0.188 e. The Balaban J connectivity index is 1.79. The average molecular weight is 212 g/mol. The number of hydrogen-bond acceptors (Lipinski definition) is 3. The van der Waals surface area contributed by atoms with E-state index >= 15 is 0 Å². The first-order chi connectivity index (χ1) is 7.27. The molecule has 0 aromatic carbocycles. The number of nitrogens with zero attached hydrogens (tertiary/aromatic N) is 2. The van der Waals surface area contributed by atoms with Gasteiger partial charge in [-0.3, -0.25) is 10.3 Å². The minimum absolute atomic E-state index is 0.210. The van der Waals surface area contributed by atoms with Crippen LogP contribution in [0.25, 0.3) is 0 Å². The molecule has 2 saturated heterocycles. The molecule has 5 nitrogen and oxygen atoms in total. The SMILES string of the molecule is N=C(N)N1CCN(C2CCOCC2)CC1. The first kappa shape index (κ1) is 10.7. The van der Waals surface area contributed by atoms with E-state index in [0.29, 0.717) is 6.04 Å². The molecule has 2 aliphatic rings. The molecule has 0 amide bonds. The molecule has 86 valence electrons. The second kappa shape index (κ2) is 4.81. The van der Waals surface area contributed by atoms with Gasteiger partial charge in [0.15, 0.2) is 5.96 Å². The topological polar surface area (TPSA) is 65.6 Å². The van der Waals surface area contributed by atoms with Gasteiger partial charge in [-0.05, 0) is 12.8 Å². The van der Waals surface area contributed by atoms with Gasteiger partial charge < -0.3 is 15.4 Å². The van der Waals surface area contributed by atoms with Gasteiger partial charge in [0.2, 0.25) is 0 Å². The van der Waals surface area contributed by atoms with Crippen LogP contribution in [0.1, 0.15) is 12.8 Å². The Morgan fingerprint density at radius 1 is 1.13 bits per heavy atom. The van der Waals surface area contributed by atoms with Crippen molar-refractivity contribution in [2.24, 2.45) is 5.73 Å². The molecule has 0 radical (unpaired) electrons. The molecule has 0 aromatic rings. The predicted octanol–water partition coefficient (Wildman–Crippen LogP) is -0.324. The van der Waals surface area contributed by atoms with Crippen LogP contribution in [0.4, 0.5) is 0 Å². The second-order valence-electron chi connectivity index (χ2n) is 4.25. The van der Waals surface area contributed by atoms with E-state index in [1.54, 1.807) is 0 Å². The van der Waals surface area contributed by atoms with E-state index in [1.807, 2.05) is 4.90 Å². The number of piperazine rings is 1. The van der Waals surface area contributed by atoms with Gasteiger partial charge in [-0.2, -0.15) is 0 Å². The third-order valence-electron chi connectivity index (χ3n) is 3.36. The van der Waals surface area contributed by atoms with Gasteiger partial charge in [0.25, 0.3) is 0 Å². The number of nitrogens with two attached hydrogens (primary N) is 1. The molecule has 0 aromatic heterocycles. The smallest absolute Gasteiger partial charge is 0.188 e. The first-order valence-corrected chi connectivity index (χ1v) is 5.68. The Hall–Kier alpha value is -0.810. The summed E-state index contributed by atoms with van der Waals surface area (Å²) >= 11 is 0. The molecule has 2 rings (SSSR count). The summed E-state index contributed by atoms with van der Waals surface area (Å²) in [6.07, 6.45) is 2.31. The zero-order valence-electron chi connectivity index (χ0n) is 9.11. The van der Waals surface area contributed by atoms with Crippen LogP contribution in [0.3, 0.4) is 0 Å². The average Bonchev–Trinajstić information content (AvgIpc) is 2.30. The molecule has 2 fully saturated rings. The molecule has 3 N–H and O–H groups in total. The zero-order chi connectivity index (χ0) is 10.7. The predicted molar refractivity (Wildman–Crippen MR) is 58.9 cm³/mol. The largest absolute Gasteiger partial charge is 0.381 e. The van der Waals surface area contributed by atoms with Gasteiger partial charge in [-0.1, -0.05) is 0 Å². The number of ether oxygens (including phenoxy) is 1. The quantitative estimate of drug-likeness (QED) is 0.462. The van der Waals surface area contributed by atoms with Crippen LogP contribution in [-0.4, -0.2) is 61.2 Å². The lowest BCUT2D eigenvalue weighted by Crippen LogP contribution is -2.54. The van der Waals surface area contributed by atoms with Crippen molar-refractivity contribution in [1.82, 2.24) is 9.80 Å². The lowest BCUT2D eigenvalue weighted by molar-refractivity contribution is 0.0216. The Morgan fingerprint density at radius 3 is 2.27 bits per heavy atom. The molecular formula is C10H20N4O. The summed E-state index contributed by atoms with van der Waals surface area (Å²) in [4.78, 5) is 4.46. The molecule has 0 unspecified atom stereocenters. The van der Waals surface area contributed by atoms with Crippen molar-refractivity contribution in [3.8, 4) is 0 Å². The highest BCUT2D eigenvalue weighted by Crippen LogP contribution is 2.16. The minimum atomic E-state index is 0.210. The van der Waals surface area contributed by atoms with Gasteiger partial charge in [0, 0.05) is 45.4 Å². The maximum absolute atomic E-state index is 7.36. The third kappa shape index (κ3) is 2.60. The molecule has 15 heavy (non-hydrogen) atoms. The van der Waals surface area contributed by atoms with Gasteiger partial charge in [-0.25, -0.2) is 0 Å². The monoisotopic (exact) mass is 212 g/mol. The molecule has 0 atom stereocenters. The molecule has 0 bridgehead atoms. The highest BCUT2D eigenvalue weighted by atomic mass is 16.5. The molecule has 5 heteroatoms. The molecular weight excluding hydrogens is 192 g/mol. The van der Waals surface area contributed by atoms with Crippen molar-refractivity contribution in [3.63, 3.8) is 0 Å². The van der Waals surface area contributed by atoms with Crippen molar-refractivity contribution in [1.29, 1.82) is 5.41 Å². The zero-order valence-corrected chi connectivity index (χ0v) is 9.11. The van der Waals surface area contributed by atoms with E-state index in [0.717, 1.165) is 52.2 Å². The van der Waals surface area contributed by atoms with E-state index in [4.69, 9.17) is 15.9 Å². The van der Waals surface area contributed by atoms with E-state index in [-0.39, 0.29) is 5.96 Å². The van der Waals surface area contributed by atoms with Crippen LogP contribution < -0.4 is 5.73 Å². The van der Waals surface area contributed by atoms with E-state index in [1.165, 1.54) is 0 Å². The highest BCUT2D eigenvalue weighted by molar-refractivity contribution is 5.74. The van der Waals surface area contributed by atoms with Crippen LogP contribution in [0, 0.1) is 5.41 Å². The summed E-state index contributed by atoms with van der Waals surface area (Å²) in [5.41, 5.74) is 5.46. The number of nitrogens with one attached hydrogen (secondary N) is 1. The fourth-order valence-electron chi connectivity index (χ4n) is 2.38. The minimum Gasteiger partial charge on any atom is -0.381 e. The Morgan fingerprint density at radius 2 is 1.73 bits per heavy atom. The number of hydrogen-bond donors (Lipinski definition) is 2. The summed E-state index contributed by atoms with van der Waals surface area (Å²) in [6, 6.07) is 0.688. The first-order valence-electron chi connectivity index (χ1n) is 5.68. The van der Waals surface area contributed by atoms with Gasteiger partial charge in [0.05, 0.1) is 0 Å². The molecule has 2 aliphatic heterocycles. The van der Waals surface area contributed by atoms with Gasteiger partial charge in [-0.15, -0.1) is 0 Å². The fraction of sp³-hybridized carbons (Fsp3) is 0.900. The number of rotatable bonds is 1. The molecule has 0 saturated carbocycles. The molecule has 0 aliphatic carbocycles. The van der Waals surface area contributed by atoms with Crippen molar-refractivity contribution >= 4 is 5.96 Å². The molecule has 2 heterocycles. The van der Waals surface area contributed by atoms with Crippen LogP contribution in [0.15, 0.2) is 0 Å². The van der Waals surface area contributed by atoms with Crippen molar-refractivity contribution in [3.05, 3.63) is 0 Å². The standard InChI is InChI=1S/C10H20N4O/c11-10(12)14-5-3-13(4-6-14)9-1-7-15-8-2-9/h9H,1-8H2,(H3,11,12). The maximum atomic E-state index is 7.36. The summed E-state index contributed by atoms with van der Waals surface area (Å²) in [7, 11) is 0. The second-order valence-corrected chi connectivity index (χ2v) is 4.25. The lowest BCUT2D eigenvalue weighted by Gasteiger charge is -2.40. The third-order valence-corrected chi connectivity index (χ3v) is 3.36. The highest BCUT2D eigenvalue weighted by Gasteiger charge is 2.25. The molecule has 0 spiro atoms. The Kier molecular flexibility index (Phi) is 3.43. The van der Waals surface area contributed by atoms with E-state index < -0.39 is 0 Å². The van der Waals surface area contributed by atoms with Gasteiger partial charge >= 0.3 is 0 Å². The van der Waals surface area contributed by atoms with Crippen molar-refractivity contribution < 1.29 is 4.74 Å². The number of guanidine groups is 1. The lowest BCUT2D eigenvalue weighted by atomic mass is 10.1. The van der Waals surface area contributed by atoms with Crippen molar-refractivity contribution in [2.45, 2.75) is 18.9 Å². The van der Waals surface area contributed by atoms with Crippen LogP contribution in [0.2, 0.25) is 0 Å². The summed E-state index contributed by atoms with van der Waals surface area (Å²) in [6.45, 7) is 5.66. The van der Waals surface area contributed by atoms with Crippen LogP contribution in [0.5, 0.6) is 0 Å². The van der Waals surface area contributed by atoms with E-state index in [9.17, 15) is 0 Å².